The maximum atomic E-state index is 12.2. The van der Waals surface area contributed by atoms with Gasteiger partial charge >= 0.3 is 5.97 Å². The molecule has 1 aliphatic rings. The van der Waals surface area contributed by atoms with Gasteiger partial charge in [0.25, 0.3) is 0 Å². The number of carbonyl (C=O) groups is 1. The van der Waals surface area contributed by atoms with Gasteiger partial charge in [-0.15, -0.1) is 0 Å². The van der Waals surface area contributed by atoms with Crippen LogP contribution in [0.15, 0.2) is 30.3 Å². The minimum absolute atomic E-state index is 0.00216. The smallest absolute Gasteiger partial charge is 0.338 e. The van der Waals surface area contributed by atoms with E-state index in [4.69, 9.17) is 18.9 Å². The summed E-state index contributed by atoms with van der Waals surface area (Å²) in [5.74, 6) is -3.70. The molecule has 1 aliphatic heterocycles. The van der Waals surface area contributed by atoms with E-state index in [9.17, 15) is 45.6 Å². The monoisotopic (exact) mass is 484 g/mol. The number of hydrogen-bond acceptors (Lipinski definition) is 13. The minimum Gasteiger partial charge on any atom is -0.507 e. The number of aliphatic hydroxyl groups is 4. The average molecular weight is 484 g/mol. The van der Waals surface area contributed by atoms with Crippen molar-refractivity contribution >= 4 is 5.97 Å². The van der Waals surface area contributed by atoms with Crippen LogP contribution in [-0.2, 0) is 14.2 Å². The molecule has 1 heterocycles. The number of aromatic hydroxyl groups is 4. The van der Waals surface area contributed by atoms with Crippen LogP contribution in [0.1, 0.15) is 22.2 Å². The zero-order chi connectivity index (χ0) is 25.2. The van der Waals surface area contributed by atoms with Crippen LogP contribution in [0.5, 0.6) is 28.7 Å². The van der Waals surface area contributed by atoms with Gasteiger partial charge in [-0.05, 0) is 30.3 Å². The summed E-state index contributed by atoms with van der Waals surface area (Å²) in [5, 5.41) is 78.6. The molecule has 6 atom stereocenters. The fraction of sp³-hybridized carbons (Fsp3) is 0.381. The van der Waals surface area contributed by atoms with Crippen molar-refractivity contribution in [3.05, 3.63) is 41.5 Å². The molecular weight excluding hydrogens is 460 g/mol. The molecule has 186 valence electrons. The molecule has 13 heteroatoms. The number of hydrogen-bond donors (Lipinski definition) is 8. The Bertz CT molecular complexity index is 1000. The third-order valence-corrected chi connectivity index (χ3v) is 5.09. The molecule has 0 bridgehead atoms. The number of carbonyl (C=O) groups excluding carboxylic acids is 1. The van der Waals surface area contributed by atoms with Crippen LogP contribution in [0, 0.1) is 0 Å². The van der Waals surface area contributed by atoms with Gasteiger partial charge in [-0.25, -0.2) is 4.79 Å². The van der Waals surface area contributed by atoms with Crippen molar-refractivity contribution in [2.75, 3.05) is 13.7 Å². The Hall–Kier alpha value is -3.33. The molecule has 0 aliphatic carbocycles. The first-order chi connectivity index (χ1) is 16.0. The minimum atomic E-state index is -1.76. The third-order valence-electron chi connectivity index (χ3n) is 5.09. The number of phenols is 4. The summed E-state index contributed by atoms with van der Waals surface area (Å²) in [6.45, 7) is -0.630. The first kappa shape index (κ1) is 25.3. The van der Waals surface area contributed by atoms with Crippen molar-refractivity contribution in [3.8, 4) is 28.7 Å². The maximum absolute atomic E-state index is 12.2. The second-order valence-electron chi connectivity index (χ2n) is 7.40. The lowest BCUT2D eigenvalue weighted by Crippen LogP contribution is -2.60. The molecule has 13 nitrogen and oxygen atoms in total. The van der Waals surface area contributed by atoms with Crippen LogP contribution < -0.4 is 4.74 Å². The number of rotatable bonds is 7. The molecule has 2 aromatic rings. The van der Waals surface area contributed by atoms with E-state index in [0.717, 1.165) is 12.1 Å². The summed E-state index contributed by atoms with van der Waals surface area (Å²) < 4.78 is 20.7. The molecule has 1 saturated heterocycles. The van der Waals surface area contributed by atoms with Gasteiger partial charge in [-0.1, -0.05) is 0 Å². The van der Waals surface area contributed by atoms with Crippen LogP contribution in [0.2, 0.25) is 0 Å². The first-order valence-electron chi connectivity index (χ1n) is 9.85. The fourth-order valence-electron chi connectivity index (χ4n) is 3.18. The number of ether oxygens (including phenoxy) is 4. The second-order valence-corrected chi connectivity index (χ2v) is 7.40. The molecular formula is C21H24O13. The van der Waals surface area contributed by atoms with Crippen LogP contribution in [0.4, 0.5) is 0 Å². The predicted octanol–water partition coefficient (Wildman–Crippen LogP) is -0.810. The Morgan fingerprint density at radius 1 is 0.971 bits per heavy atom. The standard InChI is InChI=1S/C21H24O13/c1-31-20(30)10-6-9(2-3-11(10)22)33-21-18(28)17(27)16(26)14(34-21)7-32-19(29)8-4-12(23)15(25)13(24)5-8/h2-6,14,16-18,20-28,30H,7H2,1H3. The van der Waals surface area contributed by atoms with Gasteiger partial charge in [-0.3, -0.25) is 0 Å². The first-order valence-corrected chi connectivity index (χ1v) is 9.85. The third kappa shape index (κ3) is 5.25. The van der Waals surface area contributed by atoms with E-state index < -0.39 is 66.8 Å². The van der Waals surface area contributed by atoms with E-state index in [1.54, 1.807) is 0 Å². The molecule has 0 radical (unpaired) electrons. The Morgan fingerprint density at radius 3 is 2.24 bits per heavy atom. The fourth-order valence-corrected chi connectivity index (χ4v) is 3.18. The molecule has 6 unspecified atom stereocenters. The van der Waals surface area contributed by atoms with E-state index in [0.29, 0.717) is 0 Å². The largest absolute Gasteiger partial charge is 0.507 e. The molecule has 1 fully saturated rings. The lowest BCUT2D eigenvalue weighted by Gasteiger charge is -2.40. The molecule has 3 rings (SSSR count). The highest BCUT2D eigenvalue weighted by Crippen LogP contribution is 2.36. The molecule has 2 aromatic carbocycles. The SMILES string of the molecule is COC(O)c1cc(OC2OC(COC(=O)c3cc(O)c(O)c(O)c3)C(O)C(O)C2O)ccc1O. The van der Waals surface area contributed by atoms with Crippen molar-refractivity contribution < 1.29 is 64.6 Å². The van der Waals surface area contributed by atoms with Crippen molar-refractivity contribution in [3.63, 3.8) is 0 Å². The molecule has 0 aromatic heterocycles. The van der Waals surface area contributed by atoms with Gasteiger partial charge in [-0.2, -0.15) is 0 Å². The van der Waals surface area contributed by atoms with Gasteiger partial charge in [0.15, 0.2) is 23.5 Å². The molecule has 34 heavy (non-hydrogen) atoms. The van der Waals surface area contributed by atoms with Crippen molar-refractivity contribution in [1.29, 1.82) is 0 Å². The van der Waals surface area contributed by atoms with Crippen LogP contribution in [0.3, 0.4) is 0 Å². The number of esters is 1. The normalized spacial score (nSPS) is 25.5. The van der Waals surface area contributed by atoms with Gasteiger partial charge < -0.3 is 59.8 Å². The Kier molecular flexibility index (Phi) is 7.66. The van der Waals surface area contributed by atoms with Crippen molar-refractivity contribution in [2.24, 2.45) is 0 Å². The highest BCUT2D eigenvalue weighted by atomic mass is 16.7. The van der Waals surface area contributed by atoms with E-state index in [1.165, 1.54) is 25.3 Å². The second kappa shape index (κ2) is 10.3. The van der Waals surface area contributed by atoms with Crippen LogP contribution in [0.25, 0.3) is 0 Å². The van der Waals surface area contributed by atoms with Crippen LogP contribution in [-0.4, -0.2) is 91.2 Å². The van der Waals surface area contributed by atoms with Crippen molar-refractivity contribution in [2.45, 2.75) is 37.0 Å². The molecule has 8 N–H and O–H groups in total. The molecule has 0 amide bonds. The summed E-state index contributed by atoms with van der Waals surface area (Å²) in [6, 6.07) is 5.37. The molecule has 0 spiro atoms. The van der Waals surface area contributed by atoms with Gasteiger partial charge in [0.05, 0.1) is 11.1 Å². The zero-order valence-corrected chi connectivity index (χ0v) is 17.7. The van der Waals surface area contributed by atoms with Crippen molar-refractivity contribution in [1.82, 2.24) is 0 Å². The van der Waals surface area contributed by atoms with Gasteiger partial charge in [0.2, 0.25) is 6.29 Å². The molecule has 0 saturated carbocycles. The number of methoxy groups -OCH3 is 1. The highest BCUT2D eigenvalue weighted by Gasteiger charge is 2.45. The summed E-state index contributed by atoms with van der Waals surface area (Å²) in [6.07, 6.45) is -9.56. The maximum Gasteiger partial charge on any atom is 0.338 e. The number of aliphatic hydroxyl groups excluding tert-OH is 4. The predicted molar refractivity (Wildman–Crippen MR) is 109 cm³/mol. The number of phenolic OH excluding ortho intramolecular Hbond substituents is 4. The van der Waals surface area contributed by atoms with E-state index in [2.05, 4.69) is 0 Å². The quantitative estimate of drug-likeness (QED) is 0.137. The lowest BCUT2D eigenvalue weighted by molar-refractivity contribution is -0.277. The Balaban J connectivity index is 1.71. The summed E-state index contributed by atoms with van der Waals surface area (Å²) in [4.78, 5) is 12.2. The highest BCUT2D eigenvalue weighted by molar-refractivity contribution is 5.91. The van der Waals surface area contributed by atoms with Crippen LogP contribution >= 0.6 is 0 Å². The van der Waals surface area contributed by atoms with Gasteiger partial charge in [0.1, 0.15) is 42.5 Å². The average Bonchev–Trinajstić information content (AvgIpc) is 2.82. The summed E-state index contributed by atoms with van der Waals surface area (Å²) in [5.41, 5.74) is -0.364. The van der Waals surface area contributed by atoms with E-state index >= 15 is 0 Å². The lowest BCUT2D eigenvalue weighted by atomic mass is 9.99. The number of benzene rings is 2. The Morgan fingerprint density at radius 2 is 1.62 bits per heavy atom. The Labute approximate surface area is 192 Å². The topological polar surface area (TPSA) is 216 Å². The zero-order valence-electron chi connectivity index (χ0n) is 17.7. The van der Waals surface area contributed by atoms with E-state index in [1.807, 2.05) is 0 Å². The van der Waals surface area contributed by atoms with E-state index in [-0.39, 0.29) is 22.6 Å². The summed E-state index contributed by atoms with van der Waals surface area (Å²) >= 11 is 0. The van der Waals surface area contributed by atoms with Gasteiger partial charge in [0, 0.05) is 7.11 Å². The summed E-state index contributed by atoms with van der Waals surface area (Å²) in [7, 11) is 1.20.